The van der Waals surface area contributed by atoms with Gasteiger partial charge < -0.3 is 9.47 Å². The first-order valence-corrected chi connectivity index (χ1v) is 15.6. The van der Waals surface area contributed by atoms with Crippen LogP contribution in [0, 0.1) is 11.6 Å². The Hall–Kier alpha value is -4.74. The molecule has 4 rings (SSSR count). The monoisotopic (exact) mass is 692 g/mol. The minimum absolute atomic E-state index is 0.00279. The number of esters is 2. The van der Waals surface area contributed by atoms with Crippen LogP contribution in [-0.2, 0) is 21.9 Å². The predicted octanol–water partition coefficient (Wildman–Crippen LogP) is 11.4. The third-order valence-electron chi connectivity index (χ3n) is 7.65. The van der Waals surface area contributed by atoms with Crippen molar-refractivity contribution in [1.29, 1.82) is 0 Å². The van der Waals surface area contributed by atoms with Crippen LogP contribution in [0.4, 0.5) is 35.1 Å². The van der Waals surface area contributed by atoms with E-state index in [9.17, 15) is 44.7 Å². The molecule has 0 bridgehead atoms. The quantitative estimate of drug-likeness (QED) is 0.0571. The highest BCUT2D eigenvalue weighted by Gasteiger charge is 2.31. The number of hydrogen-bond acceptors (Lipinski definition) is 4. The maximum atomic E-state index is 14.6. The smallest absolute Gasteiger partial charge is 0.416 e. The summed E-state index contributed by atoms with van der Waals surface area (Å²) in [6.07, 6.45) is -3.54. The lowest BCUT2D eigenvalue weighted by Gasteiger charge is -2.10. The number of carbonyl (C=O) groups is 2. The minimum Gasteiger partial charge on any atom is -0.426 e. The minimum atomic E-state index is -4.50. The summed E-state index contributed by atoms with van der Waals surface area (Å²) >= 11 is 0. The largest absolute Gasteiger partial charge is 0.426 e. The van der Waals surface area contributed by atoms with Crippen molar-refractivity contribution in [3.05, 3.63) is 108 Å². The molecule has 0 spiro atoms. The van der Waals surface area contributed by atoms with Crippen LogP contribution in [0.3, 0.4) is 0 Å². The highest BCUT2D eigenvalue weighted by molar-refractivity contribution is 5.74. The fraction of sp³-hybridized carbons (Fsp3) is 0.297. The van der Waals surface area contributed by atoms with Crippen molar-refractivity contribution >= 4 is 11.9 Å². The van der Waals surface area contributed by atoms with E-state index >= 15 is 0 Å². The summed E-state index contributed by atoms with van der Waals surface area (Å²) in [5, 5.41) is 0. The first kappa shape index (κ1) is 37.1. The molecule has 0 unspecified atom stereocenters. The molecule has 0 aromatic heterocycles. The van der Waals surface area contributed by atoms with Crippen LogP contribution in [0.5, 0.6) is 11.5 Å². The van der Waals surface area contributed by atoms with Gasteiger partial charge in [0.15, 0.2) is 0 Å². The van der Waals surface area contributed by atoms with E-state index in [0.29, 0.717) is 12.8 Å². The van der Waals surface area contributed by atoms with Gasteiger partial charge in [-0.2, -0.15) is 26.3 Å². The normalized spacial score (nSPS) is 11.8. The van der Waals surface area contributed by atoms with E-state index in [-0.39, 0.29) is 46.6 Å². The Morgan fingerprint density at radius 2 is 0.796 bits per heavy atom. The molecule has 0 saturated carbocycles. The number of ether oxygens (including phenoxy) is 2. The predicted molar refractivity (Wildman–Crippen MR) is 166 cm³/mol. The van der Waals surface area contributed by atoms with Gasteiger partial charge in [0.2, 0.25) is 0 Å². The molecule has 0 fully saturated rings. The first-order chi connectivity index (χ1) is 23.2. The van der Waals surface area contributed by atoms with E-state index in [4.69, 9.17) is 9.47 Å². The molecule has 260 valence electrons. The maximum absolute atomic E-state index is 14.6. The molecule has 0 atom stereocenters. The molecular weight excluding hydrogens is 660 g/mol. The number of unbranched alkanes of at least 4 members (excludes halogenated alkanes) is 6. The van der Waals surface area contributed by atoms with E-state index in [1.54, 1.807) is 0 Å². The molecule has 0 N–H and O–H groups in total. The summed E-state index contributed by atoms with van der Waals surface area (Å²) in [5.41, 5.74) is -1.02. The van der Waals surface area contributed by atoms with Gasteiger partial charge in [0, 0.05) is 36.1 Å². The fourth-order valence-electron chi connectivity index (χ4n) is 5.05. The van der Waals surface area contributed by atoms with E-state index in [2.05, 4.69) is 0 Å². The van der Waals surface area contributed by atoms with Gasteiger partial charge in [-0.25, -0.2) is 8.78 Å². The fourth-order valence-corrected chi connectivity index (χ4v) is 5.05. The lowest BCUT2D eigenvalue weighted by molar-refractivity contribution is -0.138. The summed E-state index contributed by atoms with van der Waals surface area (Å²) in [5.74, 6) is -2.54. The van der Waals surface area contributed by atoms with Crippen LogP contribution >= 0.6 is 0 Å². The molecule has 0 heterocycles. The Balaban J connectivity index is 1.07. The summed E-state index contributed by atoms with van der Waals surface area (Å²) < 4.78 is 116. The molecule has 0 amide bonds. The number of benzene rings is 4. The Labute approximate surface area is 277 Å². The van der Waals surface area contributed by atoms with Crippen LogP contribution in [0.2, 0.25) is 0 Å². The standard InChI is InChI=1S/C37H32F8O4/c38-32-22-28(18-20-30(32)24-10-14-26(15-11-24)36(40,41)42)48-34(46)8-6-4-2-1-3-5-7-9-35(47)49-29-19-21-31(33(39)23-29)25-12-16-27(17-13-25)37(43,44)45/h10-23H,1-9H2. The Kier molecular flexibility index (Phi) is 12.5. The van der Waals surface area contributed by atoms with Gasteiger partial charge in [0.05, 0.1) is 11.1 Å². The lowest BCUT2D eigenvalue weighted by atomic mass is 10.0. The van der Waals surface area contributed by atoms with E-state index in [1.165, 1.54) is 48.5 Å². The SMILES string of the molecule is O=C(CCCCCCCCCC(=O)Oc1ccc(-c2ccc(C(F)(F)F)cc2)c(F)c1)Oc1ccc(-c2ccc(C(F)(F)F)cc2)c(F)c1. The van der Waals surface area contributed by atoms with E-state index in [0.717, 1.165) is 68.5 Å². The zero-order valence-corrected chi connectivity index (χ0v) is 26.1. The highest BCUT2D eigenvalue weighted by atomic mass is 19.4. The molecule has 0 aliphatic heterocycles. The first-order valence-electron chi connectivity index (χ1n) is 15.6. The number of halogens is 8. The van der Waals surface area contributed by atoms with Crippen molar-refractivity contribution in [3.63, 3.8) is 0 Å². The van der Waals surface area contributed by atoms with Crippen LogP contribution in [0.1, 0.15) is 68.9 Å². The third kappa shape index (κ3) is 11.2. The van der Waals surface area contributed by atoms with Crippen molar-refractivity contribution in [2.24, 2.45) is 0 Å². The van der Waals surface area contributed by atoms with Gasteiger partial charge in [-0.1, -0.05) is 56.4 Å². The average molecular weight is 693 g/mol. The summed E-state index contributed by atoms with van der Waals surface area (Å²) in [6.45, 7) is 0. The lowest BCUT2D eigenvalue weighted by Crippen LogP contribution is -2.08. The van der Waals surface area contributed by atoms with Crippen molar-refractivity contribution in [3.8, 4) is 33.8 Å². The van der Waals surface area contributed by atoms with Gasteiger partial charge in [0.1, 0.15) is 23.1 Å². The van der Waals surface area contributed by atoms with Crippen LogP contribution in [-0.4, -0.2) is 11.9 Å². The Morgan fingerprint density at radius 3 is 1.10 bits per heavy atom. The van der Waals surface area contributed by atoms with Crippen LogP contribution < -0.4 is 9.47 Å². The van der Waals surface area contributed by atoms with E-state index < -0.39 is 47.1 Å². The van der Waals surface area contributed by atoms with Gasteiger partial charge in [-0.05, 0) is 72.5 Å². The van der Waals surface area contributed by atoms with Gasteiger partial charge in [0.25, 0.3) is 0 Å². The number of carbonyl (C=O) groups excluding carboxylic acids is 2. The highest BCUT2D eigenvalue weighted by Crippen LogP contribution is 2.34. The molecule has 4 nitrogen and oxygen atoms in total. The second-order valence-corrected chi connectivity index (χ2v) is 11.4. The van der Waals surface area contributed by atoms with Crippen molar-refractivity contribution < 1.29 is 54.2 Å². The molecule has 12 heteroatoms. The van der Waals surface area contributed by atoms with Gasteiger partial charge >= 0.3 is 24.3 Å². The topological polar surface area (TPSA) is 52.6 Å². The van der Waals surface area contributed by atoms with Crippen LogP contribution in [0.15, 0.2) is 84.9 Å². The zero-order valence-electron chi connectivity index (χ0n) is 26.1. The molecule has 4 aromatic rings. The van der Waals surface area contributed by atoms with Gasteiger partial charge in [-0.15, -0.1) is 0 Å². The summed E-state index contributed by atoms with van der Waals surface area (Å²) in [6, 6.07) is 15.6. The van der Waals surface area contributed by atoms with Crippen LogP contribution in [0.25, 0.3) is 22.3 Å². The zero-order chi connectivity index (χ0) is 35.6. The van der Waals surface area contributed by atoms with Crippen molar-refractivity contribution in [2.75, 3.05) is 0 Å². The summed E-state index contributed by atoms with van der Waals surface area (Å²) in [4.78, 5) is 24.3. The van der Waals surface area contributed by atoms with Gasteiger partial charge in [-0.3, -0.25) is 9.59 Å². The molecule has 49 heavy (non-hydrogen) atoms. The number of hydrogen-bond donors (Lipinski definition) is 0. The Bertz CT molecular complexity index is 1590. The van der Waals surface area contributed by atoms with E-state index in [1.807, 2.05) is 0 Å². The maximum Gasteiger partial charge on any atom is 0.416 e. The van der Waals surface area contributed by atoms with Crippen molar-refractivity contribution in [1.82, 2.24) is 0 Å². The molecule has 4 aromatic carbocycles. The molecule has 0 aliphatic rings. The molecule has 0 aliphatic carbocycles. The second kappa shape index (κ2) is 16.6. The molecular formula is C37H32F8O4. The molecule has 0 saturated heterocycles. The average Bonchev–Trinajstić information content (AvgIpc) is 3.03. The second-order valence-electron chi connectivity index (χ2n) is 11.4. The summed E-state index contributed by atoms with van der Waals surface area (Å²) in [7, 11) is 0. The number of alkyl halides is 6. The number of rotatable bonds is 14. The van der Waals surface area contributed by atoms with Crippen molar-refractivity contribution in [2.45, 2.75) is 70.1 Å². The Morgan fingerprint density at radius 1 is 0.469 bits per heavy atom. The third-order valence-corrected chi connectivity index (χ3v) is 7.65. The molecule has 0 radical (unpaired) electrons.